The van der Waals surface area contributed by atoms with Crippen LogP contribution in [-0.2, 0) is 0 Å². The molecule has 0 saturated heterocycles. The third kappa shape index (κ3) is 7.01. The van der Waals surface area contributed by atoms with Gasteiger partial charge in [-0.25, -0.2) is 14.0 Å². The van der Waals surface area contributed by atoms with Crippen LogP contribution in [0.1, 0.15) is 6.42 Å². The Morgan fingerprint density at radius 3 is 2.16 bits per heavy atom. The predicted molar refractivity (Wildman–Crippen MR) is 122 cm³/mol. The quantitative estimate of drug-likeness (QED) is 0.410. The first-order valence-electron chi connectivity index (χ1n) is 9.71. The third-order valence-electron chi connectivity index (χ3n) is 4.35. The molecule has 0 bridgehead atoms. The minimum atomic E-state index is -0.388. The van der Waals surface area contributed by atoms with Crippen molar-refractivity contribution in [3.05, 3.63) is 89.7 Å². The summed E-state index contributed by atoms with van der Waals surface area (Å²) in [4.78, 5) is 26.3. The maximum Gasteiger partial charge on any atom is 0.326 e. The summed E-state index contributed by atoms with van der Waals surface area (Å²) in [7, 11) is 0. The van der Waals surface area contributed by atoms with Crippen LogP contribution in [0.15, 0.2) is 78.9 Å². The first-order chi connectivity index (χ1) is 15.0. The highest BCUT2D eigenvalue weighted by molar-refractivity contribution is 6.30. The van der Waals surface area contributed by atoms with Gasteiger partial charge in [0.2, 0.25) is 0 Å². The lowest BCUT2D eigenvalue weighted by atomic mass is 10.2. The van der Waals surface area contributed by atoms with E-state index in [0.29, 0.717) is 41.6 Å². The van der Waals surface area contributed by atoms with Crippen LogP contribution in [0.3, 0.4) is 0 Å². The van der Waals surface area contributed by atoms with Gasteiger partial charge in [0.1, 0.15) is 5.82 Å². The van der Waals surface area contributed by atoms with Gasteiger partial charge < -0.3 is 16.0 Å². The predicted octanol–water partition coefficient (Wildman–Crippen LogP) is 5.73. The molecule has 0 aliphatic carbocycles. The second-order valence-corrected chi connectivity index (χ2v) is 7.10. The molecule has 0 spiro atoms. The number of nitrogens with one attached hydrogen (secondary N) is 3. The molecule has 0 atom stereocenters. The van der Waals surface area contributed by atoms with E-state index >= 15 is 0 Å². The van der Waals surface area contributed by atoms with Crippen LogP contribution < -0.4 is 20.9 Å². The van der Waals surface area contributed by atoms with Crippen molar-refractivity contribution < 1.29 is 14.0 Å². The highest BCUT2D eigenvalue weighted by Crippen LogP contribution is 2.19. The van der Waals surface area contributed by atoms with Crippen molar-refractivity contribution in [3.8, 4) is 0 Å². The van der Waals surface area contributed by atoms with Gasteiger partial charge in [0.05, 0.1) is 0 Å². The van der Waals surface area contributed by atoms with Gasteiger partial charge in [0, 0.05) is 35.2 Å². The molecule has 0 unspecified atom stereocenters. The first kappa shape index (κ1) is 22.1. The number of hydrogen-bond donors (Lipinski definition) is 3. The molecular formula is C23H22ClFN4O2. The van der Waals surface area contributed by atoms with Crippen LogP contribution in [0.25, 0.3) is 0 Å². The summed E-state index contributed by atoms with van der Waals surface area (Å²) in [5, 5.41) is 8.85. The molecule has 3 aromatic carbocycles. The van der Waals surface area contributed by atoms with Gasteiger partial charge in [-0.05, 0) is 67.1 Å². The number of nitrogens with zero attached hydrogens (tertiary/aromatic N) is 1. The molecule has 4 amide bonds. The molecule has 8 heteroatoms. The molecule has 160 valence electrons. The minimum absolute atomic E-state index is 0.316. The topological polar surface area (TPSA) is 73.5 Å². The number of amides is 4. The van der Waals surface area contributed by atoms with Gasteiger partial charge >= 0.3 is 12.1 Å². The van der Waals surface area contributed by atoms with Crippen LogP contribution in [0.5, 0.6) is 0 Å². The molecule has 0 fully saturated rings. The number of benzene rings is 3. The zero-order valence-electron chi connectivity index (χ0n) is 16.6. The maximum atomic E-state index is 13.3. The fourth-order valence-corrected chi connectivity index (χ4v) is 2.95. The average Bonchev–Trinajstić information content (AvgIpc) is 2.77. The van der Waals surface area contributed by atoms with E-state index < -0.39 is 0 Å². The van der Waals surface area contributed by atoms with E-state index in [2.05, 4.69) is 16.0 Å². The zero-order chi connectivity index (χ0) is 22.1. The molecule has 6 nitrogen and oxygen atoms in total. The summed E-state index contributed by atoms with van der Waals surface area (Å²) in [6.07, 6.45) is 0.494. The smallest absolute Gasteiger partial charge is 0.326 e. The van der Waals surface area contributed by atoms with Crippen LogP contribution >= 0.6 is 11.6 Å². The van der Waals surface area contributed by atoms with E-state index in [0.717, 1.165) is 0 Å². The Morgan fingerprint density at radius 1 is 0.839 bits per heavy atom. The van der Waals surface area contributed by atoms with Crippen molar-refractivity contribution >= 4 is 40.7 Å². The number of halogens is 2. The van der Waals surface area contributed by atoms with E-state index in [9.17, 15) is 14.0 Å². The monoisotopic (exact) mass is 440 g/mol. The lowest BCUT2D eigenvalue weighted by molar-refractivity contribution is 0.252. The van der Waals surface area contributed by atoms with E-state index in [-0.39, 0.29) is 17.9 Å². The molecule has 0 aliphatic rings. The first-order valence-corrected chi connectivity index (χ1v) is 10.1. The van der Waals surface area contributed by atoms with Crippen LogP contribution in [0.2, 0.25) is 5.02 Å². The summed E-state index contributed by atoms with van der Waals surface area (Å²) >= 11 is 5.88. The molecule has 0 aromatic heterocycles. The van der Waals surface area contributed by atoms with Crippen molar-refractivity contribution in [1.82, 2.24) is 5.32 Å². The number of carbonyl (C=O) groups is 2. The van der Waals surface area contributed by atoms with Gasteiger partial charge in [-0.15, -0.1) is 0 Å². The number of anilines is 3. The van der Waals surface area contributed by atoms with E-state index in [1.807, 2.05) is 18.2 Å². The number of carbonyl (C=O) groups excluding carboxylic acids is 2. The number of urea groups is 2. The Bertz CT molecular complexity index is 998. The second-order valence-electron chi connectivity index (χ2n) is 6.67. The Kier molecular flexibility index (Phi) is 7.84. The molecule has 3 N–H and O–H groups in total. The van der Waals surface area contributed by atoms with Crippen molar-refractivity contribution in [1.29, 1.82) is 0 Å². The van der Waals surface area contributed by atoms with Crippen LogP contribution in [-0.4, -0.2) is 25.2 Å². The van der Waals surface area contributed by atoms with Gasteiger partial charge in [-0.3, -0.25) is 4.90 Å². The van der Waals surface area contributed by atoms with Crippen molar-refractivity contribution in [3.63, 3.8) is 0 Å². The van der Waals surface area contributed by atoms with Gasteiger partial charge in [0.25, 0.3) is 0 Å². The summed E-state index contributed by atoms with van der Waals surface area (Å²) in [6, 6.07) is 20.8. The van der Waals surface area contributed by atoms with Crippen LogP contribution in [0.4, 0.5) is 31.0 Å². The van der Waals surface area contributed by atoms with Gasteiger partial charge in [-0.2, -0.15) is 0 Å². The highest BCUT2D eigenvalue weighted by atomic mass is 35.5. The summed E-state index contributed by atoms with van der Waals surface area (Å²) < 4.78 is 13.3. The summed E-state index contributed by atoms with van der Waals surface area (Å²) in [5.74, 6) is -0.388. The van der Waals surface area contributed by atoms with Crippen LogP contribution in [0, 0.1) is 5.82 Å². The maximum absolute atomic E-state index is 13.3. The molecule has 0 radical (unpaired) electrons. The zero-order valence-corrected chi connectivity index (χ0v) is 17.4. The molecule has 3 aromatic rings. The van der Waals surface area contributed by atoms with E-state index in [1.54, 1.807) is 36.4 Å². The SMILES string of the molecule is O=C(NCCCN(C(=O)Nc1ccc(Cl)cc1)c1ccc(F)cc1)Nc1ccccc1. The molecular weight excluding hydrogens is 419 g/mol. The van der Waals surface area contributed by atoms with Crippen molar-refractivity contribution in [2.24, 2.45) is 0 Å². The molecule has 0 heterocycles. The van der Waals surface area contributed by atoms with E-state index in [1.165, 1.54) is 29.2 Å². The lowest BCUT2D eigenvalue weighted by Crippen LogP contribution is -2.38. The Labute approximate surface area is 185 Å². The van der Waals surface area contributed by atoms with Gasteiger partial charge in [0.15, 0.2) is 0 Å². The fraction of sp³-hybridized carbons (Fsp3) is 0.130. The third-order valence-corrected chi connectivity index (χ3v) is 4.61. The molecule has 31 heavy (non-hydrogen) atoms. The molecule has 3 rings (SSSR count). The number of rotatable bonds is 7. The number of para-hydroxylation sites is 1. The Hall–Kier alpha value is -3.58. The van der Waals surface area contributed by atoms with Crippen molar-refractivity contribution in [2.75, 3.05) is 28.6 Å². The Balaban J connectivity index is 1.57. The minimum Gasteiger partial charge on any atom is -0.338 e. The standard InChI is InChI=1S/C23H22ClFN4O2/c24-17-7-11-20(12-8-17)28-23(31)29(21-13-9-18(25)10-14-21)16-4-15-26-22(30)27-19-5-2-1-3-6-19/h1-3,5-14H,4,15-16H2,(H,28,31)(H2,26,27,30). The second kappa shape index (κ2) is 11.0. The Morgan fingerprint density at radius 2 is 1.48 bits per heavy atom. The normalized spacial score (nSPS) is 10.3. The fourth-order valence-electron chi connectivity index (χ4n) is 2.83. The van der Waals surface area contributed by atoms with Gasteiger partial charge in [-0.1, -0.05) is 29.8 Å². The molecule has 0 aliphatic heterocycles. The summed E-state index contributed by atoms with van der Waals surface area (Å²) in [5.41, 5.74) is 1.82. The molecule has 0 saturated carbocycles. The van der Waals surface area contributed by atoms with E-state index in [4.69, 9.17) is 11.6 Å². The average molecular weight is 441 g/mol. The lowest BCUT2D eigenvalue weighted by Gasteiger charge is -2.23. The summed E-state index contributed by atoms with van der Waals surface area (Å²) in [6.45, 7) is 0.668. The number of hydrogen-bond acceptors (Lipinski definition) is 2. The highest BCUT2D eigenvalue weighted by Gasteiger charge is 2.16. The van der Waals surface area contributed by atoms with Crippen molar-refractivity contribution in [2.45, 2.75) is 6.42 Å². The largest absolute Gasteiger partial charge is 0.338 e.